The summed E-state index contributed by atoms with van der Waals surface area (Å²) in [5.74, 6) is 1.80. The number of likely N-dealkylation sites (N-methyl/N-ethyl adjacent to an activating group) is 1. The van der Waals surface area contributed by atoms with Crippen LogP contribution in [0.2, 0.25) is 5.02 Å². The molecule has 0 aliphatic heterocycles. The Balaban J connectivity index is 1.69. The maximum absolute atomic E-state index is 6.56. The van der Waals surface area contributed by atoms with Crippen molar-refractivity contribution >= 4 is 39.0 Å². The van der Waals surface area contributed by atoms with Gasteiger partial charge in [0.25, 0.3) is 0 Å². The number of rotatable bonds is 7. The molecule has 4 rings (SSSR count). The van der Waals surface area contributed by atoms with Gasteiger partial charge in [-0.15, -0.1) is 11.3 Å². The Hall–Kier alpha value is -1.69. The zero-order valence-electron chi connectivity index (χ0n) is 16.8. The summed E-state index contributed by atoms with van der Waals surface area (Å²) in [7, 11) is 0. The van der Waals surface area contributed by atoms with Crippen LogP contribution in [0.1, 0.15) is 48.1 Å². The van der Waals surface area contributed by atoms with Crippen LogP contribution >= 0.6 is 22.9 Å². The van der Waals surface area contributed by atoms with Crippen LogP contribution < -0.4 is 5.32 Å². The maximum Gasteiger partial charge on any atom is 0.138 e. The van der Waals surface area contributed by atoms with Crippen molar-refractivity contribution in [1.82, 2.24) is 14.9 Å². The minimum absolute atomic E-state index is 0.195. The number of hydrogen-bond donors (Lipinski definition) is 1. The summed E-state index contributed by atoms with van der Waals surface area (Å²) in [5.41, 5.74) is 2.62. The highest BCUT2D eigenvalue weighted by Crippen LogP contribution is 2.39. The molecular weight excluding hydrogens is 388 g/mol. The molecule has 0 saturated carbocycles. The quantitative estimate of drug-likeness (QED) is 0.543. The first-order chi connectivity index (χ1) is 13.6. The molecular formula is C22H27ClN4S. The van der Waals surface area contributed by atoms with Crippen molar-refractivity contribution in [2.75, 3.05) is 25.0 Å². The van der Waals surface area contributed by atoms with Gasteiger partial charge in [-0.05, 0) is 56.5 Å². The van der Waals surface area contributed by atoms with Gasteiger partial charge in [-0.3, -0.25) is 4.90 Å². The molecule has 2 aromatic heterocycles. The average Bonchev–Trinajstić information content (AvgIpc) is 3.26. The SMILES string of the molecule is CCN(CC)C(CNc1nc(C)nc2sc3c(c12)CCC3)c1ccccc1Cl. The third-order valence-corrected chi connectivity index (χ3v) is 7.19. The number of nitrogens with zero attached hydrogens (tertiary/aromatic N) is 3. The number of benzene rings is 1. The first-order valence-corrected chi connectivity index (χ1v) is 11.3. The lowest BCUT2D eigenvalue weighted by atomic mass is 10.0. The number of fused-ring (bicyclic) bond motifs is 3. The van der Waals surface area contributed by atoms with Crippen LogP contribution in [0.15, 0.2) is 24.3 Å². The summed E-state index contributed by atoms with van der Waals surface area (Å²) in [6.07, 6.45) is 3.56. The Labute approximate surface area is 176 Å². The molecule has 1 aliphatic rings. The largest absolute Gasteiger partial charge is 0.367 e. The van der Waals surface area contributed by atoms with Crippen molar-refractivity contribution in [2.24, 2.45) is 0 Å². The number of anilines is 1. The molecule has 0 saturated heterocycles. The standard InChI is InChI=1S/C22H27ClN4S/c1-4-27(5-2)18(15-9-6-7-11-17(15)23)13-24-21-20-16-10-8-12-19(16)28-22(20)26-14(3)25-21/h6-7,9,11,18H,4-5,8,10,12-13H2,1-3H3,(H,24,25,26). The highest BCUT2D eigenvalue weighted by Gasteiger charge is 2.24. The Morgan fingerprint density at radius 3 is 2.71 bits per heavy atom. The summed E-state index contributed by atoms with van der Waals surface area (Å²) in [6, 6.07) is 8.37. The van der Waals surface area contributed by atoms with Crippen LogP contribution in [0.4, 0.5) is 5.82 Å². The van der Waals surface area contributed by atoms with Crippen LogP contribution in [-0.4, -0.2) is 34.5 Å². The van der Waals surface area contributed by atoms with Gasteiger partial charge in [-0.2, -0.15) is 0 Å². The van der Waals surface area contributed by atoms with Crippen LogP contribution in [0.25, 0.3) is 10.2 Å². The van der Waals surface area contributed by atoms with E-state index in [0.717, 1.165) is 53.1 Å². The predicted molar refractivity (Wildman–Crippen MR) is 120 cm³/mol. The van der Waals surface area contributed by atoms with Gasteiger partial charge in [0.05, 0.1) is 11.4 Å². The van der Waals surface area contributed by atoms with E-state index in [1.807, 2.05) is 30.4 Å². The van der Waals surface area contributed by atoms with Crippen LogP contribution in [0.5, 0.6) is 0 Å². The van der Waals surface area contributed by atoms with E-state index in [1.165, 1.54) is 28.7 Å². The minimum Gasteiger partial charge on any atom is -0.367 e. The highest BCUT2D eigenvalue weighted by molar-refractivity contribution is 7.19. The Kier molecular flexibility index (Phi) is 5.85. The number of thiophene rings is 1. The van der Waals surface area contributed by atoms with E-state index in [9.17, 15) is 0 Å². The van der Waals surface area contributed by atoms with E-state index in [2.05, 4.69) is 36.2 Å². The molecule has 28 heavy (non-hydrogen) atoms. The lowest BCUT2D eigenvalue weighted by Crippen LogP contribution is -2.33. The molecule has 3 aromatic rings. The summed E-state index contributed by atoms with van der Waals surface area (Å²) < 4.78 is 0. The van der Waals surface area contributed by atoms with Gasteiger partial charge in [-0.25, -0.2) is 9.97 Å². The molecule has 0 amide bonds. The zero-order valence-corrected chi connectivity index (χ0v) is 18.3. The van der Waals surface area contributed by atoms with Crippen molar-refractivity contribution in [3.63, 3.8) is 0 Å². The summed E-state index contributed by atoms with van der Waals surface area (Å²) >= 11 is 8.40. The molecule has 2 heterocycles. The third kappa shape index (κ3) is 3.63. The fourth-order valence-corrected chi connectivity index (χ4v) is 5.84. The second-order valence-corrected chi connectivity index (χ2v) is 8.79. The Bertz CT molecular complexity index is 980. The number of aromatic nitrogens is 2. The third-order valence-electron chi connectivity index (χ3n) is 5.66. The van der Waals surface area contributed by atoms with Gasteiger partial charge in [0.1, 0.15) is 16.5 Å². The summed E-state index contributed by atoms with van der Waals surface area (Å²) in [6.45, 7) is 9.09. The van der Waals surface area contributed by atoms with E-state index in [4.69, 9.17) is 21.6 Å². The first kappa shape index (κ1) is 19.6. The topological polar surface area (TPSA) is 41.0 Å². The molecule has 1 atom stereocenters. The average molecular weight is 415 g/mol. The molecule has 1 N–H and O–H groups in total. The van der Waals surface area contributed by atoms with Gasteiger partial charge in [0.2, 0.25) is 0 Å². The lowest BCUT2D eigenvalue weighted by Gasteiger charge is -2.31. The Morgan fingerprint density at radius 2 is 1.96 bits per heavy atom. The molecule has 0 radical (unpaired) electrons. The van der Waals surface area contributed by atoms with Gasteiger partial charge in [0.15, 0.2) is 0 Å². The van der Waals surface area contributed by atoms with Gasteiger partial charge in [0, 0.05) is 16.4 Å². The maximum atomic E-state index is 6.56. The fourth-order valence-electron chi connectivity index (χ4n) is 4.27. The fraction of sp³-hybridized carbons (Fsp3) is 0.455. The molecule has 1 aromatic carbocycles. The van der Waals surface area contributed by atoms with Crippen LogP contribution in [0.3, 0.4) is 0 Å². The van der Waals surface area contributed by atoms with Crippen molar-refractivity contribution in [2.45, 2.75) is 46.1 Å². The molecule has 4 nitrogen and oxygen atoms in total. The molecule has 0 fully saturated rings. The van der Waals surface area contributed by atoms with Crippen LogP contribution in [-0.2, 0) is 12.8 Å². The van der Waals surface area contributed by atoms with E-state index < -0.39 is 0 Å². The van der Waals surface area contributed by atoms with E-state index in [-0.39, 0.29) is 6.04 Å². The summed E-state index contributed by atoms with van der Waals surface area (Å²) in [4.78, 5) is 14.5. The minimum atomic E-state index is 0.195. The number of aryl methyl sites for hydroxylation is 3. The number of nitrogens with one attached hydrogen (secondary N) is 1. The molecule has 0 spiro atoms. The Morgan fingerprint density at radius 1 is 1.18 bits per heavy atom. The van der Waals surface area contributed by atoms with Gasteiger partial charge >= 0.3 is 0 Å². The van der Waals surface area contributed by atoms with Gasteiger partial charge < -0.3 is 5.32 Å². The van der Waals surface area contributed by atoms with E-state index in [0.29, 0.717) is 0 Å². The zero-order chi connectivity index (χ0) is 19.7. The first-order valence-electron chi connectivity index (χ1n) is 10.1. The molecule has 0 bridgehead atoms. The molecule has 1 unspecified atom stereocenters. The molecule has 148 valence electrons. The smallest absolute Gasteiger partial charge is 0.138 e. The summed E-state index contributed by atoms with van der Waals surface area (Å²) in [5, 5.41) is 5.73. The van der Waals surface area contributed by atoms with Crippen molar-refractivity contribution in [3.05, 3.63) is 51.1 Å². The normalized spacial score (nSPS) is 14.6. The van der Waals surface area contributed by atoms with Crippen LogP contribution in [0, 0.1) is 6.92 Å². The van der Waals surface area contributed by atoms with Crippen molar-refractivity contribution in [3.8, 4) is 0 Å². The molecule has 1 aliphatic carbocycles. The second kappa shape index (κ2) is 8.36. The van der Waals surface area contributed by atoms with E-state index in [1.54, 1.807) is 0 Å². The van der Waals surface area contributed by atoms with Crippen molar-refractivity contribution < 1.29 is 0 Å². The van der Waals surface area contributed by atoms with Crippen molar-refractivity contribution in [1.29, 1.82) is 0 Å². The number of hydrogen-bond acceptors (Lipinski definition) is 5. The van der Waals surface area contributed by atoms with Gasteiger partial charge in [-0.1, -0.05) is 43.6 Å². The number of halogens is 1. The second-order valence-electron chi connectivity index (χ2n) is 7.30. The molecule has 6 heteroatoms. The highest BCUT2D eigenvalue weighted by atomic mass is 35.5. The van der Waals surface area contributed by atoms with E-state index >= 15 is 0 Å². The monoisotopic (exact) mass is 414 g/mol. The predicted octanol–water partition coefficient (Wildman–Crippen LogP) is 5.64. The lowest BCUT2D eigenvalue weighted by molar-refractivity contribution is 0.228.